The lowest BCUT2D eigenvalue weighted by atomic mass is 9.91. The molecule has 0 aromatic carbocycles. The lowest BCUT2D eigenvalue weighted by molar-refractivity contribution is 0.135. The highest BCUT2D eigenvalue weighted by Crippen LogP contribution is 2.26. The van der Waals surface area contributed by atoms with E-state index in [1.807, 2.05) is 11.3 Å². The summed E-state index contributed by atoms with van der Waals surface area (Å²) in [5.74, 6) is 0. The second-order valence-corrected chi connectivity index (χ2v) is 5.60. The number of hydrogen-bond acceptors (Lipinski definition) is 3. The Kier molecular flexibility index (Phi) is 6.03. The molecular weight excluding hydrogens is 218 g/mol. The Bertz CT molecular complexity index is 269. The Morgan fingerprint density at radius 2 is 2.19 bits per heavy atom. The van der Waals surface area contributed by atoms with Crippen molar-refractivity contribution in [2.75, 3.05) is 26.3 Å². The summed E-state index contributed by atoms with van der Waals surface area (Å²) in [7, 11) is 0. The molecule has 0 aliphatic heterocycles. The Labute approximate surface area is 103 Å². The van der Waals surface area contributed by atoms with Crippen LogP contribution in [0.2, 0.25) is 0 Å². The van der Waals surface area contributed by atoms with E-state index in [-0.39, 0.29) is 5.41 Å². The summed E-state index contributed by atoms with van der Waals surface area (Å²) < 4.78 is 5.43. The van der Waals surface area contributed by atoms with Gasteiger partial charge < -0.3 is 10.1 Å². The molecular formula is C13H23NOS. The van der Waals surface area contributed by atoms with Gasteiger partial charge in [-0.3, -0.25) is 0 Å². The van der Waals surface area contributed by atoms with Gasteiger partial charge in [-0.15, -0.1) is 11.3 Å². The van der Waals surface area contributed by atoms with Crippen molar-refractivity contribution >= 4 is 11.3 Å². The second-order valence-electron chi connectivity index (χ2n) is 4.65. The van der Waals surface area contributed by atoms with Gasteiger partial charge in [0.2, 0.25) is 0 Å². The fourth-order valence-corrected chi connectivity index (χ4v) is 2.39. The van der Waals surface area contributed by atoms with Crippen LogP contribution in [0, 0.1) is 0 Å². The predicted octanol–water partition coefficient (Wildman–Crippen LogP) is 3.04. The van der Waals surface area contributed by atoms with E-state index >= 15 is 0 Å². The Hall–Kier alpha value is -0.380. The van der Waals surface area contributed by atoms with E-state index < -0.39 is 0 Å². The minimum atomic E-state index is 0.221. The zero-order chi connectivity index (χ0) is 11.9. The van der Waals surface area contributed by atoms with E-state index in [9.17, 15) is 0 Å². The van der Waals surface area contributed by atoms with E-state index in [1.54, 1.807) is 0 Å². The maximum Gasteiger partial charge on any atom is 0.0590 e. The number of nitrogens with one attached hydrogen (secondary N) is 1. The molecule has 92 valence electrons. The molecule has 0 bridgehead atoms. The van der Waals surface area contributed by atoms with Crippen LogP contribution in [0.1, 0.15) is 32.1 Å². The van der Waals surface area contributed by atoms with Crippen LogP contribution in [0.15, 0.2) is 17.5 Å². The van der Waals surface area contributed by atoms with Crippen LogP contribution < -0.4 is 5.32 Å². The van der Waals surface area contributed by atoms with Gasteiger partial charge in [0.15, 0.2) is 0 Å². The molecule has 0 fully saturated rings. The van der Waals surface area contributed by atoms with E-state index in [4.69, 9.17) is 4.74 Å². The summed E-state index contributed by atoms with van der Waals surface area (Å²) in [6.45, 7) is 10.3. The molecule has 0 spiro atoms. The van der Waals surface area contributed by atoms with Crippen molar-refractivity contribution in [1.29, 1.82) is 0 Å². The SMILES string of the molecule is CCCOCCNCC(C)(C)c1cccs1. The van der Waals surface area contributed by atoms with E-state index in [2.05, 4.69) is 43.6 Å². The van der Waals surface area contributed by atoms with Gasteiger partial charge in [0.05, 0.1) is 6.61 Å². The molecule has 1 N–H and O–H groups in total. The summed E-state index contributed by atoms with van der Waals surface area (Å²) in [5, 5.41) is 5.59. The molecule has 1 rings (SSSR count). The van der Waals surface area contributed by atoms with E-state index in [0.717, 1.165) is 32.7 Å². The summed E-state index contributed by atoms with van der Waals surface area (Å²) in [6.07, 6.45) is 1.10. The molecule has 16 heavy (non-hydrogen) atoms. The molecule has 0 atom stereocenters. The number of hydrogen-bond donors (Lipinski definition) is 1. The van der Waals surface area contributed by atoms with Crippen LogP contribution in [-0.4, -0.2) is 26.3 Å². The van der Waals surface area contributed by atoms with Gasteiger partial charge in [-0.2, -0.15) is 0 Å². The van der Waals surface area contributed by atoms with Crippen molar-refractivity contribution in [2.24, 2.45) is 0 Å². The Balaban J connectivity index is 2.17. The van der Waals surface area contributed by atoms with Gasteiger partial charge in [0.1, 0.15) is 0 Å². The van der Waals surface area contributed by atoms with E-state index in [0.29, 0.717) is 0 Å². The van der Waals surface area contributed by atoms with Crippen molar-refractivity contribution in [2.45, 2.75) is 32.6 Å². The van der Waals surface area contributed by atoms with Crippen LogP contribution in [0.3, 0.4) is 0 Å². The largest absolute Gasteiger partial charge is 0.380 e. The fourth-order valence-electron chi connectivity index (χ4n) is 1.54. The molecule has 0 saturated carbocycles. The van der Waals surface area contributed by atoms with Gasteiger partial charge in [-0.05, 0) is 17.9 Å². The first kappa shape index (κ1) is 13.7. The molecule has 3 heteroatoms. The quantitative estimate of drug-likeness (QED) is 0.706. The molecule has 0 radical (unpaired) electrons. The summed E-state index contributed by atoms with van der Waals surface area (Å²) in [6, 6.07) is 4.33. The van der Waals surface area contributed by atoms with Gasteiger partial charge >= 0.3 is 0 Å². The average molecular weight is 241 g/mol. The zero-order valence-corrected chi connectivity index (χ0v) is 11.4. The summed E-state index contributed by atoms with van der Waals surface area (Å²) in [4.78, 5) is 1.44. The summed E-state index contributed by atoms with van der Waals surface area (Å²) >= 11 is 1.83. The highest BCUT2D eigenvalue weighted by Gasteiger charge is 2.20. The number of rotatable bonds is 8. The lowest BCUT2D eigenvalue weighted by Crippen LogP contribution is -2.34. The highest BCUT2D eigenvalue weighted by atomic mass is 32.1. The van der Waals surface area contributed by atoms with Crippen LogP contribution in [0.4, 0.5) is 0 Å². The molecule has 1 aromatic heterocycles. The van der Waals surface area contributed by atoms with Crippen LogP contribution in [0.25, 0.3) is 0 Å². The topological polar surface area (TPSA) is 21.3 Å². The second kappa shape index (κ2) is 7.05. The molecule has 0 unspecified atom stereocenters. The molecule has 1 aromatic rings. The monoisotopic (exact) mass is 241 g/mol. The molecule has 0 aliphatic rings. The van der Waals surface area contributed by atoms with Gasteiger partial charge in [-0.25, -0.2) is 0 Å². The Morgan fingerprint density at radius 3 is 2.81 bits per heavy atom. The smallest absolute Gasteiger partial charge is 0.0590 e. The first-order valence-electron chi connectivity index (χ1n) is 5.99. The van der Waals surface area contributed by atoms with Crippen molar-refractivity contribution < 1.29 is 4.74 Å². The first-order valence-corrected chi connectivity index (χ1v) is 6.87. The normalized spacial score (nSPS) is 11.9. The van der Waals surface area contributed by atoms with Crippen molar-refractivity contribution in [3.8, 4) is 0 Å². The van der Waals surface area contributed by atoms with Gasteiger partial charge in [0, 0.05) is 30.0 Å². The predicted molar refractivity (Wildman–Crippen MR) is 71.3 cm³/mol. The average Bonchev–Trinajstić information content (AvgIpc) is 2.77. The fraction of sp³-hybridized carbons (Fsp3) is 0.692. The van der Waals surface area contributed by atoms with Crippen LogP contribution in [-0.2, 0) is 10.2 Å². The molecule has 0 saturated heterocycles. The van der Waals surface area contributed by atoms with Crippen molar-refractivity contribution in [3.05, 3.63) is 22.4 Å². The van der Waals surface area contributed by atoms with Crippen molar-refractivity contribution in [1.82, 2.24) is 5.32 Å². The molecule has 0 aliphatic carbocycles. The number of ether oxygens (including phenoxy) is 1. The van der Waals surface area contributed by atoms with E-state index in [1.165, 1.54) is 4.88 Å². The standard InChI is InChI=1S/C13H23NOS/c1-4-8-15-9-7-14-11-13(2,3)12-6-5-10-16-12/h5-6,10,14H,4,7-9,11H2,1-3H3. The first-order chi connectivity index (χ1) is 7.67. The zero-order valence-electron chi connectivity index (χ0n) is 10.6. The lowest BCUT2D eigenvalue weighted by Gasteiger charge is -2.23. The minimum Gasteiger partial charge on any atom is -0.380 e. The van der Waals surface area contributed by atoms with Crippen molar-refractivity contribution in [3.63, 3.8) is 0 Å². The third-order valence-electron chi connectivity index (χ3n) is 2.53. The third-order valence-corrected chi connectivity index (χ3v) is 3.76. The maximum absolute atomic E-state index is 5.43. The minimum absolute atomic E-state index is 0.221. The van der Waals surface area contributed by atoms with Crippen LogP contribution in [0.5, 0.6) is 0 Å². The summed E-state index contributed by atoms with van der Waals surface area (Å²) in [5.41, 5.74) is 0.221. The third kappa shape index (κ3) is 4.64. The maximum atomic E-state index is 5.43. The molecule has 0 amide bonds. The van der Waals surface area contributed by atoms with Gasteiger partial charge in [0.25, 0.3) is 0 Å². The number of thiophene rings is 1. The van der Waals surface area contributed by atoms with Gasteiger partial charge in [-0.1, -0.05) is 26.8 Å². The molecule has 2 nitrogen and oxygen atoms in total. The Morgan fingerprint density at radius 1 is 1.38 bits per heavy atom. The van der Waals surface area contributed by atoms with Crippen LogP contribution >= 0.6 is 11.3 Å². The highest BCUT2D eigenvalue weighted by molar-refractivity contribution is 7.10. The molecule has 1 heterocycles.